The number of thiophene rings is 1. The number of nitrogens with one attached hydrogen (secondary N) is 1. The van der Waals surface area contributed by atoms with Gasteiger partial charge in [0.25, 0.3) is 5.91 Å². The maximum atomic E-state index is 13.4. The van der Waals surface area contributed by atoms with Crippen molar-refractivity contribution in [2.24, 2.45) is 11.8 Å². The molecule has 1 amide bonds. The second-order valence-corrected chi connectivity index (χ2v) is 9.33. The maximum Gasteiger partial charge on any atom is 0.254 e. The predicted molar refractivity (Wildman–Crippen MR) is 124 cm³/mol. The van der Waals surface area contributed by atoms with Crippen LogP contribution in [0.2, 0.25) is 0 Å². The van der Waals surface area contributed by atoms with Crippen LogP contribution in [0.5, 0.6) is 0 Å². The summed E-state index contributed by atoms with van der Waals surface area (Å²) < 4.78 is 0. The summed E-state index contributed by atoms with van der Waals surface area (Å²) >= 11 is 1.67. The number of fused-ring (bicyclic) bond motifs is 1. The van der Waals surface area contributed by atoms with Crippen LogP contribution in [0.1, 0.15) is 10.4 Å². The van der Waals surface area contributed by atoms with Crippen LogP contribution in [0.15, 0.2) is 66.4 Å². The fourth-order valence-electron chi connectivity index (χ4n) is 4.86. The van der Waals surface area contributed by atoms with Crippen LogP contribution >= 0.6 is 11.3 Å². The number of benzene rings is 1. The number of carbonyl (C=O) groups is 1. The number of amides is 1. The Balaban J connectivity index is 1.17. The maximum absolute atomic E-state index is 13.4. The van der Waals surface area contributed by atoms with Gasteiger partial charge in [-0.3, -0.25) is 9.89 Å². The minimum absolute atomic E-state index is 0.133. The van der Waals surface area contributed by atoms with Gasteiger partial charge in [0, 0.05) is 72.0 Å². The van der Waals surface area contributed by atoms with E-state index in [1.807, 2.05) is 47.5 Å². The molecule has 0 aliphatic carbocycles. The highest BCUT2D eigenvalue weighted by molar-refractivity contribution is 7.13. The van der Waals surface area contributed by atoms with E-state index in [9.17, 15) is 4.79 Å². The molecule has 4 aromatic rings. The SMILES string of the molecule is O=C(c1ccccc1-c1cccs1)N1CC2CN(c3nccc(-c4cn[nH]c4)n3)CC2C1. The van der Waals surface area contributed by atoms with E-state index in [4.69, 9.17) is 4.98 Å². The molecule has 2 aliphatic rings. The number of anilines is 1. The minimum Gasteiger partial charge on any atom is -0.340 e. The number of rotatable bonds is 4. The van der Waals surface area contributed by atoms with E-state index in [-0.39, 0.29) is 5.91 Å². The molecule has 0 radical (unpaired) electrons. The van der Waals surface area contributed by atoms with Crippen LogP contribution in [0.3, 0.4) is 0 Å². The Morgan fingerprint density at radius 2 is 1.88 bits per heavy atom. The highest BCUT2D eigenvalue weighted by Gasteiger charge is 2.42. The Morgan fingerprint density at radius 1 is 1.03 bits per heavy atom. The summed E-state index contributed by atoms with van der Waals surface area (Å²) in [5, 5.41) is 8.89. The van der Waals surface area contributed by atoms with Gasteiger partial charge in [-0.1, -0.05) is 24.3 Å². The van der Waals surface area contributed by atoms with Crippen molar-refractivity contribution in [1.29, 1.82) is 0 Å². The average Bonchev–Trinajstić information content (AvgIpc) is 3.62. The topological polar surface area (TPSA) is 78.0 Å². The zero-order chi connectivity index (χ0) is 21.5. The molecule has 1 N–H and O–H groups in total. The highest BCUT2D eigenvalue weighted by atomic mass is 32.1. The molecule has 2 aliphatic heterocycles. The Bertz CT molecular complexity index is 1230. The van der Waals surface area contributed by atoms with Crippen LogP contribution in [-0.2, 0) is 0 Å². The number of carbonyl (C=O) groups excluding carboxylic acids is 1. The Labute approximate surface area is 189 Å². The van der Waals surface area contributed by atoms with Gasteiger partial charge in [0.2, 0.25) is 5.95 Å². The fraction of sp³-hybridized carbons (Fsp3) is 0.250. The molecule has 3 aromatic heterocycles. The van der Waals surface area contributed by atoms with Gasteiger partial charge >= 0.3 is 0 Å². The second-order valence-electron chi connectivity index (χ2n) is 8.39. The normalized spacial score (nSPS) is 20.0. The number of aromatic nitrogens is 4. The summed E-state index contributed by atoms with van der Waals surface area (Å²) in [6.07, 6.45) is 5.40. The van der Waals surface area contributed by atoms with Gasteiger partial charge in [-0.05, 0) is 23.6 Å². The second kappa shape index (κ2) is 7.87. The van der Waals surface area contributed by atoms with Crippen molar-refractivity contribution in [3.05, 3.63) is 72.0 Å². The van der Waals surface area contributed by atoms with Crippen LogP contribution in [0, 0.1) is 11.8 Å². The molecule has 6 rings (SSSR count). The molecule has 2 atom stereocenters. The summed E-state index contributed by atoms with van der Waals surface area (Å²) in [7, 11) is 0. The Morgan fingerprint density at radius 3 is 2.62 bits per heavy atom. The molecule has 1 aromatic carbocycles. The van der Waals surface area contributed by atoms with Crippen molar-refractivity contribution in [2.75, 3.05) is 31.1 Å². The van der Waals surface area contributed by atoms with Crippen molar-refractivity contribution in [3.8, 4) is 21.7 Å². The monoisotopic (exact) mass is 442 g/mol. The molecule has 2 saturated heterocycles. The molecule has 0 saturated carbocycles. The third kappa shape index (κ3) is 3.36. The van der Waals surface area contributed by atoms with E-state index in [0.717, 1.165) is 59.4 Å². The van der Waals surface area contributed by atoms with E-state index in [1.54, 1.807) is 23.7 Å². The van der Waals surface area contributed by atoms with E-state index >= 15 is 0 Å². The van der Waals surface area contributed by atoms with Crippen LogP contribution in [-0.4, -0.2) is 57.2 Å². The van der Waals surface area contributed by atoms with Crippen molar-refractivity contribution in [2.45, 2.75) is 0 Å². The van der Waals surface area contributed by atoms with Crippen LogP contribution in [0.4, 0.5) is 5.95 Å². The first-order valence-corrected chi connectivity index (χ1v) is 11.6. The molecule has 8 heteroatoms. The van der Waals surface area contributed by atoms with Gasteiger partial charge in [-0.25, -0.2) is 9.97 Å². The number of hydrogen-bond donors (Lipinski definition) is 1. The highest BCUT2D eigenvalue weighted by Crippen LogP contribution is 2.35. The number of likely N-dealkylation sites (tertiary alicyclic amines) is 1. The van der Waals surface area contributed by atoms with E-state index in [1.165, 1.54) is 0 Å². The Hall–Kier alpha value is -3.52. The predicted octanol–water partition coefficient (Wildman–Crippen LogP) is 3.80. The number of nitrogens with zero attached hydrogens (tertiary/aromatic N) is 5. The molecule has 2 unspecified atom stereocenters. The van der Waals surface area contributed by atoms with Crippen LogP contribution < -0.4 is 4.90 Å². The van der Waals surface area contributed by atoms with Gasteiger partial charge in [-0.15, -0.1) is 11.3 Å². The van der Waals surface area contributed by atoms with Crippen molar-refractivity contribution < 1.29 is 4.79 Å². The van der Waals surface area contributed by atoms with E-state index < -0.39 is 0 Å². The van der Waals surface area contributed by atoms with E-state index in [2.05, 4.69) is 31.5 Å². The lowest BCUT2D eigenvalue weighted by Crippen LogP contribution is -2.34. The summed E-state index contributed by atoms with van der Waals surface area (Å²) in [6.45, 7) is 3.30. The first-order valence-electron chi connectivity index (χ1n) is 10.8. The van der Waals surface area contributed by atoms with Gasteiger partial charge in [0.05, 0.1) is 11.9 Å². The number of hydrogen-bond acceptors (Lipinski definition) is 6. The minimum atomic E-state index is 0.133. The lowest BCUT2D eigenvalue weighted by molar-refractivity contribution is 0.0783. The summed E-state index contributed by atoms with van der Waals surface area (Å²) in [4.78, 5) is 28.1. The van der Waals surface area contributed by atoms with Gasteiger partial charge in [-0.2, -0.15) is 5.10 Å². The molecule has 0 bridgehead atoms. The molecule has 2 fully saturated rings. The van der Waals surface area contributed by atoms with Crippen molar-refractivity contribution in [1.82, 2.24) is 25.1 Å². The lowest BCUT2D eigenvalue weighted by Gasteiger charge is -2.22. The molecule has 0 spiro atoms. The molecule has 160 valence electrons. The smallest absolute Gasteiger partial charge is 0.254 e. The van der Waals surface area contributed by atoms with Gasteiger partial charge in [0.15, 0.2) is 0 Å². The first-order chi connectivity index (χ1) is 15.8. The summed E-state index contributed by atoms with van der Waals surface area (Å²) in [6, 6.07) is 13.9. The third-order valence-corrected chi connectivity index (χ3v) is 7.34. The van der Waals surface area contributed by atoms with Gasteiger partial charge in [0.1, 0.15) is 0 Å². The summed E-state index contributed by atoms with van der Waals surface area (Å²) in [5.41, 5.74) is 3.63. The largest absolute Gasteiger partial charge is 0.340 e. The fourth-order valence-corrected chi connectivity index (χ4v) is 5.63. The van der Waals surface area contributed by atoms with Crippen molar-refractivity contribution >= 4 is 23.2 Å². The zero-order valence-corrected chi connectivity index (χ0v) is 18.2. The number of H-pyrrole nitrogens is 1. The quantitative estimate of drug-likeness (QED) is 0.520. The van der Waals surface area contributed by atoms with Crippen molar-refractivity contribution in [3.63, 3.8) is 0 Å². The number of aromatic amines is 1. The Kier molecular flexibility index (Phi) is 4.72. The van der Waals surface area contributed by atoms with Crippen LogP contribution in [0.25, 0.3) is 21.7 Å². The average molecular weight is 443 g/mol. The molecule has 5 heterocycles. The van der Waals surface area contributed by atoms with Gasteiger partial charge < -0.3 is 9.80 Å². The van der Waals surface area contributed by atoms with E-state index in [0.29, 0.717) is 11.8 Å². The molecule has 7 nitrogen and oxygen atoms in total. The molecule has 32 heavy (non-hydrogen) atoms. The first kappa shape index (κ1) is 19.2. The lowest BCUT2D eigenvalue weighted by atomic mass is 10.0. The molecular formula is C24H22N6OS. The standard InChI is InChI=1S/C24H22N6OS/c31-23(20-5-2-1-4-19(20)22-6-3-9-32-22)29-12-17-14-30(15-18(17)13-29)24-25-8-7-21(28-24)16-10-26-27-11-16/h1-11,17-18H,12-15H2,(H,26,27). The zero-order valence-electron chi connectivity index (χ0n) is 17.4. The third-order valence-electron chi connectivity index (χ3n) is 6.44. The molecular weight excluding hydrogens is 420 g/mol. The summed E-state index contributed by atoms with van der Waals surface area (Å²) in [5.74, 6) is 1.76.